The summed E-state index contributed by atoms with van der Waals surface area (Å²) in [6, 6.07) is 3.66. The highest BCUT2D eigenvalue weighted by molar-refractivity contribution is 7.13. The van der Waals surface area contributed by atoms with Crippen LogP contribution in [0.25, 0.3) is 5.65 Å². The Hall–Kier alpha value is -2.21. The quantitative estimate of drug-likeness (QED) is 0.808. The number of carbonyl (C=O) groups is 1. The predicted molar refractivity (Wildman–Crippen MR) is 84.1 cm³/mol. The molecule has 0 fully saturated rings. The van der Waals surface area contributed by atoms with E-state index in [-0.39, 0.29) is 5.91 Å². The topological polar surface area (TPSA) is 59.3 Å². The Bertz CT molecular complexity index is 818. The molecule has 3 heterocycles. The fourth-order valence-electron chi connectivity index (χ4n) is 2.26. The molecule has 0 aliphatic carbocycles. The number of hydrogen-bond donors (Lipinski definition) is 1. The first-order valence-electron chi connectivity index (χ1n) is 6.79. The molecule has 0 saturated carbocycles. The molecule has 0 radical (unpaired) electrons. The van der Waals surface area contributed by atoms with Gasteiger partial charge in [-0.05, 0) is 32.4 Å². The second-order valence-corrected chi connectivity index (χ2v) is 5.75. The zero-order valence-corrected chi connectivity index (χ0v) is 13.0. The van der Waals surface area contributed by atoms with Gasteiger partial charge in [-0.1, -0.05) is 6.92 Å². The van der Waals surface area contributed by atoms with Gasteiger partial charge in [-0.2, -0.15) is 0 Å². The van der Waals surface area contributed by atoms with E-state index < -0.39 is 0 Å². The molecule has 0 aliphatic heterocycles. The van der Waals surface area contributed by atoms with Crippen molar-refractivity contribution in [1.82, 2.24) is 14.4 Å². The molecule has 108 valence electrons. The van der Waals surface area contributed by atoms with Crippen LogP contribution in [0, 0.1) is 13.8 Å². The number of pyridine rings is 1. The van der Waals surface area contributed by atoms with Gasteiger partial charge in [-0.15, -0.1) is 11.3 Å². The average Bonchev–Trinajstić information content (AvgIpc) is 3.02. The van der Waals surface area contributed by atoms with Crippen molar-refractivity contribution >= 4 is 28.0 Å². The summed E-state index contributed by atoms with van der Waals surface area (Å²) < 4.78 is 1.96. The van der Waals surface area contributed by atoms with Crippen molar-refractivity contribution in [3.8, 4) is 0 Å². The molecular weight excluding hydrogens is 284 g/mol. The van der Waals surface area contributed by atoms with Crippen LogP contribution in [-0.2, 0) is 6.42 Å². The van der Waals surface area contributed by atoms with Crippen LogP contribution in [0.2, 0.25) is 0 Å². The highest BCUT2D eigenvalue weighted by atomic mass is 32.1. The van der Waals surface area contributed by atoms with Gasteiger partial charge in [-0.25, -0.2) is 9.97 Å². The number of aryl methyl sites for hydroxylation is 3. The fourth-order valence-corrected chi connectivity index (χ4v) is 2.94. The summed E-state index contributed by atoms with van der Waals surface area (Å²) in [6.45, 7) is 6.00. The van der Waals surface area contributed by atoms with E-state index in [1.165, 1.54) is 11.3 Å². The number of nitrogens with zero attached hydrogens (tertiary/aromatic N) is 3. The number of imidazole rings is 1. The van der Waals surface area contributed by atoms with E-state index in [0.29, 0.717) is 10.7 Å². The lowest BCUT2D eigenvalue weighted by molar-refractivity contribution is 0.102. The number of carbonyl (C=O) groups excluding carboxylic acids is 1. The standard InChI is InChI=1S/C15H16N4OS/c1-4-12-10(3)19-7-11(5-6-13(19)17-12)14(20)18-15-16-9(2)8-21-15/h5-8H,4H2,1-3H3,(H,16,18,20). The normalized spacial score (nSPS) is 11.0. The largest absolute Gasteiger partial charge is 0.303 e. The molecule has 0 unspecified atom stereocenters. The van der Waals surface area contributed by atoms with Gasteiger partial charge in [0, 0.05) is 17.3 Å². The molecule has 0 bridgehead atoms. The fraction of sp³-hybridized carbons (Fsp3) is 0.267. The second-order valence-electron chi connectivity index (χ2n) is 4.89. The Kier molecular flexibility index (Phi) is 3.47. The highest BCUT2D eigenvalue weighted by Gasteiger charge is 2.12. The van der Waals surface area contributed by atoms with Crippen molar-refractivity contribution in [2.75, 3.05) is 5.32 Å². The Balaban J connectivity index is 1.93. The molecule has 3 rings (SSSR count). The van der Waals surface area contributed by atoms with Gasteiger partial charge >= 0.3 is 0 Å². The zero-order valence-electron chi connectivity index (χ0n) is 12.2. The first-order valence-corrected chi connectivity index (χ1v) is 7.67. The van der Waals surface area contributed by atoms with Crippen LogP contribution in [0.4, 0.5) is 5.13 Å². The number of hydrogen-bond acceptors (Lipinski definition) is 4. The number of aromatic nitrogens is 3. The lowest BCUT2D eigenvalue weighted by Crippen LogP contribution is -2.12. The number of amides is 1. The maximum atomic E-state index is 12.3. The molecular formula is C15H16N4OS. The van der Waals surface area contributed by atoms with Gasteiger partial charge in [0.1, 0.15) is 5.65 Å². The van der Waals surface area contributed by atoms with Crippen LogP contribution in [0.3, 0.4) is 0 Å². The number of thiazole rings is 1. The summed E-state index contributed by atoms with van der Waals surface area (Å²) in [5.74, 6) is -0.155. The van der Waals surface area contributed by atoms with Crippen LogP contribution >= 0.6 is 11.3 Å². The average molecular weight is 300 g/mol. The maximum absolute atomic E-state index is 12.3. The lowest BCUT2D eigenvalue weighted by Gasteiger charge is -2.03. The molecule has 1 amide bonds. The molecule has 0 saturated heterocycles. The first kappa shape index (κ1) is 13.8. The van der Waals surface area contributed by atoms with E-state index in [1.807, 2.05) is 35.9 Å². The predicted octanol–water partition coefficient (Wildman–Crippen LogP) is 3.22. The Morgan fingerprint density at radius 1 is 1.33 bits per heavy atom. The number of fused-ring (bicyclic) bond motifs is 1. The van der Waals surface area contributed by atoms with Gasteiger partial charge in [0.25, 0.3) is 5.91 Å². The minimum atomic E-state index is -0.155. The van der Waals surface area contributed by atoms with Crippen molar-refractivity contribution in [2.24, 2.45) is 0 Å². The van der Waals surface area contributed by atoms with Crippen molar-refractivity contribution in [2.45, 2.75) is 27.2 Å². The molecule has 0 spiro atoms. The van der Waals surface area contributed by atoms with E-state index in [4.69, 9.17) is 0 Å². The van der Waals surface area contributed by atoms with Crippen molar-refractivity contribution in [1.29, 1.82) is 0 Å². The molecule has 0 aromatic carbocycles. The minimum absolute atomic E-state index is 0.155. The maximum Gasteiger partial charge on any atom is 0.258 e. The first-order chi connectivity index (χ1) is 10.1. The van der Waals surface area contributed by atoms with Crippen LogP contribution in [0.15, 0.2) is 23.7 Å². The second kappa shape index (κ2) is 5.29. The van der Waals surface area contributed by atoms with Crippen molar-refractivity contribution < 1.29 is 4.79 Å². The van der Waals surface area contributed by atoms with E-state index >= 15 is 0 Å². The van der Waals surface area contributed by atoms with Gasteiger partial charge < -0.3 is 4.40 Å². The molecule has 5 nitrogen and oxygen atoms in total. The highest BCUT2D eigenvalue weighted by Crippen LogP contribution is 2.17. The van der Waals surface area contributed by atoms with Gasteiger partial charge in [0.15, 0.2) is 5.13 Å². The van der Waals surface area contributed by atoms with Crippen molar-refractivity contribution in [3.05, 3.63) is 46.4 Å². The molecule has 21 heavy (non-hydrogen) atoms. The van der Waals surface area contributed by atoms with E-state index in [2.05, 4.69) is 22.2 Å². The molecule has 3 aromatic heterocycles. The Morgan fingerprint density at radius 3 is 2.81 bits per heavy atom. The Labute approximate surface area is 126 Å². The van der Waals surface area contributed by atoms with Crippen molar-refractivity contribution in [3.63, 3.8) is 0 Å². The number of nitrogens with one attached hydrogen (secondary N) is 1. The molecule has 3 aromatic rings. The molecule has 0 aliphatic rings. The number of rotatable bonds is 3. The van der Waals surface area contributed by atoms with Crippen LogP contribution in [0.1, 0.15) is 34.4 Å². The Morgan fingerprint density at radius 2 is 2.14 bits per heavy atom. The van der Waals surface area contributed by atoms with Crippen LogP contribution < -0.4 is 5.32 Å². The SMILES string of the molecule is CCc1nc2ccc(C(=O)Nc3nc(C)cs3)cn2c1C. The van der Waals surface area contributed by atoms with E-state index in [1.54, 1.807) is 6.07 Å². The summed E-state index contributed by atoms with van der Waals surface area (Å²) in [4.78, 5) is 21.1. The zero-order chi connectivity index (χ0) is 15.0. The lowest BCUT2D eigenvalue weighted by atomic mass is 10.2. The van der Waals surface area contributed by atoms with E-state index in [9.17, 15) is 4.79 Å². The van der Waals surface area contributed by atoms with Crippen LogP contribution in [-0.4, -0.2) is 20.3 Å². The van der Waals surface area contributed by atoms with Gasteiger partial charge in [0.2, 0.25) is 0 Å². The van der Waals surface area contributed by atoms with Crippen LogP contribution in [0.5, 0.6) is 0 Å². The van der Waals surface area contributed by atoms with E-state index in [0.717, 1.165) is 29.1 Å². The third-order valence-electron chi connectivity index (χ3n) is 3.39. The molecule has 1 N–H and O–H groups in total. The third kappa shape index (κ3) is 2.54. The summed E-state index contributed by atoms with van der Waals surface area (Å²) in [5, 5.41) is 5.35. The third-order valence-corrected chi connectivity index (χ3v) is 4.27. The smallest absolute Gasteiger partial charge is 0.258 e. The van der Waals surface area contributed by atoms with Gasteiger partial charge in [0.05, 0.1) is 17.0 Å². The summed E-state index contributed by atoms with van der Waals surface area (Å²) in [5.41, 5.74) is 4.50. The summed E-state index contributed by atoms with van der Waals surface area (Å²) in [7, 11) is 0. The summed E-state index contributed by atoms with van der Waals surface area (Å²) in [6.07, 6.45) is 2.71. The minimum Gasteiger partial charge on any atom is -0.303 e. The molecule has 0 atom stereocenters. The monoisotopic (exact) mass is 300 g/mol. The van der Waals surface area contributed by atoms with Gasteiger partial charge in [-0.3, -0.25) is 10.1 Å². The number of anilines is 1. The summed E-state index contributed by atoms with van der Waals surface area (Å²) >= 11 is 1.42. The molecule has 6 heteroatoms.